The Labute approximate surface area is 227 Å². The van der Waals surface area contributed by atoms with Crippen LogP contribution in [0.2, 0.25) is 0 Å². The van der Waals surface area contributed by atoms with Crippen LogP contribution in [0, 0.1) is 0 Å². The molecule has 11 heteroatoms. The second-order valence-electron chi connectivity index (χ2n) is 8.72. The average Bonchev–Trinajstić information content (AvgIpc) is 2.97. The molecule has 0 spiro atoms. The number of hydrogen-bond donors (Lipinski definition) is 2. The van der Waals surface area contributed by atoms with E-state index in [0.717, 1.165) is 4.57 Å². The molecule has 1 aliphatic heterocycles. The van der Waals surface area contributed by atoms with Crippen molar-refractivity contribution < 1.29 is 29.0 Å². The first-order valence-corrected chi connectivity index (χ1v) is 12.4. The fourth-order valence-corrected chi connectivity index (χ4v) is 4.36. The third kappa shape index (κ3) is 4.99. The number of aromatic hydroxyl groups is 1. The molecule has 0 aliphatic carbocycles. The Hall–Kier alpha value is -5.45. The predicted molar refractivity (Wildman–Crippen MR) is 147 cm³/mol. The van der Waals surface area contributed by atoms with Crippen molar-refractivity contribution >= 4 is 40.5 Å². The summed E-state index contributed by atoms with van der Waals surface area (Å²) in [5.41, 5.74) is 3.15. The number of hydrazone groups is 1. The number of para-hydroxylation sites is 2. The van der Waals surface area contributed by atoms with Crippen LogP contribution in [0.25, 0.3) is 16.5 Å². The summed E-state index contributed by atoms with van der Waals surface area (Å²) in [5, 5.41) is 15.9. The number of ether oxygens (including phenoxy) is 2. The van der Waals surface area contributed by atoms with Crippen LogP contribution in [0.4, 0.5) is 5.69 Å². The number of nitrogens with zero attached hydrogens (tertiary/aromatic N) is 3. The van der Waals surface area contributed by atoms with Crippen molar-refractivity contribution in [2.45, 2.75) is 6.92 Å². The monoisotopic (exact) mass is 540 g/mol. The van der Waals surface area contributed by atoms with Gasteiger partial charge in [-0.2, -0.15) is 5.10 Å². The zero-order valence-electron chi connectivity index (χ0n) is 21.4. The fourth-order valence-electron chi connectivity index (χ4n) is 4.36. The third-order valence-electron chi connectivity index (χ3n) is 6.23. The second-order valence-corrected chi connectivity index (χ2v) is 8.72. The SMILES string of the molecule is CCOC(=O)c1ccc(-n2c(O)c(C=NNC(=O)CN3C(=O)COc4ccccc43)c3ccccc3c2=O)cc1. The van der Waals surface area contributed by atoms with Gasteiger partial charge in [0.25, 0.3) is 17.4 Å². The quantitative estimate of drug-likeness (QED) is 0.209. The molecular formula is C29H24N4O7. The number of pyridine rings is 1. The Balaban J connectivity index is 1.43. The van der Waals surface area contributed by atoms with Crippen molar-refractivity contribution in [3.63, 3.8) is 0 Å². The van der Waals surface area contributed by atoms with Gasteiger partial charge in [0.15, 0.2) is 6.61 Å². The molecule has 11 nitrogen and oxygen atoms in total. The van der Waals surface area contributed by atoms with Crippen LogP contribution in [0.5, 0.6) is 11.6 Å². The van der Waals surface area contributed by atoms with Crippen molar-refractivity contribution in [2.24, 2.45) is 5.10 Å². The maximum absolute atomic E-state index is 13.3. The summed E-state index contributed by atoms with van der Waals surface area (Å²) in [6.07, 6.45) is 1.23. The van der Waals surface area contributed by atoms with E-state index < -0.39 is 23.3 Å². The minimum absolute atomic E-state index is 0.178. The fraction of sp³-hybridized carbons (Fsp3) is 0.138. The number of amides is 2. The van der Waals surface area contributed by atoms with Crippen molar-refractivity contribution in [1.29, 1.82) is 0 Å². The molecule has 2 heterocycles. The lowest BCUT2D eigenvalue weighted by atomic mass is 10.1. The summed E-state index contributed by atoms with van der Waals surface area (Å²) < 4.78 is 11.5. The molecule has 2 amide bonds. The highest BCUT2D eigenvalue weighted by atomic mass is 16.5. The van der Waals surface area contributed by atoms with E-state index in [9.17, 15) is 24.3 Å². The first-order valence-electron chi connectivity index (χ1n) is 12.4. The number of carbonyl (C=O) groups is 3. The Bertz CT molecular complexity index is 1710. The summed E-state index contributed by atoms with van der Waals surface area (Å²) in [5.74, 6) is -1.37. The average molecular weight is 541 g/mol. The molecule has 0 unspecified atom stereocenters. The van der Waals surface area contributed by atoms with E-state index in [4.69, 9.17) is 9.47 Å². The smallest absolute Gasteiger partial charge is 0.338 e. The topological polar surface area (TPSA) is 140 Å². The Kier molecular flexibility index (Phi) is 7.27. The van der Waals surface area contributed by atoms with Crippen LogP contribution in [0.15, 0.2) is 82.7 Å². The number of nitrogens with one attached hydrogen (secondary N) is 1. The van der Waals surface area contributed by atoms with Crippen LogP contribution in [0.3, 0.4) is 0 Å². The van der Waals surface area contributed by atoms with Gasteiger partial charge in [0.2, 0.25) is 5.88 Å². The van der Waals surface area contributed by atoms with Gasteiger partial charge in [0.1, 0.15) is 12.3 Å². The van der Waals surface area contributed by atoms with Gasteiger partial charge in [-0.1, -0.05) is 30.3 Å². The van der Waals surface area contributed by atoms with Gasteiger partial charge in [-0.3, -0.25) is 19.3 Å². The molecule has 0 saturated carbocycles. The lowest BCUT2D eigenvalue weighted by molar-refractivity contribution is -0.125. The molecule has 202 valence electrons. The van der Waals surface area contributed by atoms with Gasteiger partial charge in [-0.25, -0.2) is 14.8 Å². The lowest BCUT2D eigenvalue weighted by Crippen LogP contribution is -2.44. The molecule has 0 radical (unpaired) electrons. The second kappa shape index (κ2) is 11.1. The third-order valence-corrected chi connectivity index (χ3v) is 6.23. The highest BCUT2D eigenvalue weighted by Gasteiger charge is 2.27. The van der Waals surface area contributed by atoms with E-state index in [1.54, 1.807) is 55.5 Å². The van der Waals surface area contributed by atoms with Crippen molar-refractivity contribution in [1.82, 2.24) is 9.99 Å². The summed E-state index contributed by atoms with van der Waals surface area (Å²) in [6.45, 7) is 1.44. The minimum Gasteiger partial charge on any atom is -0.494 e. The molecule has 0 fully saturated rings. The summed E-state index contributed by atoms with van der Waals surface area (Å²) in [4.78, 5) is 51.7. The van der Waals surface area contributed by atoms with E-state index in [-0.39, 0.29) is 31.2 Å². The molecule has 3 aromatic carbocycles. The predicted octanol–water partition coefficient (Wildman–Crippen LogP) is 2.75. The zero-order chi connectivity index (χ0) is 28.2. The Morgan fingerprint density at radius 1 is 1.02 bits per heavy atom. The summed E-state index contributed by atoms with van der Waals surface area (Å²) in [7, 11) is 0. The standard InChI is InChI=1S/C29H24N4O7/c1-2-39-29(38)18-11-13-19(14-12-18)33-27(36)21-8-4-3-7-20(21)22(28(33)37)15-30-31-25(34)16-32-23-9-5-6-10-24(23)40-17-26(32)35/h3-15,37H,2,16-17H2,1H3,(H,31,34). The van der Waals surface area contributed by atoms with Crippen LogP contribution in [0.1, 0.15) is 22.8 Å². The lowest BCUT2D eigenvalue weighted by Gasteiger charge is -2.28. The molecule has 0 bridgehead atoms. The highest BCUT2D eigenvalue weighted by Crippen LogP contribution is 2.31. The van der Waals surface area contributed by atoms with Gasteiger partial charge in [-0.15, -0.1) is 0 Å². The van der Waals surface area contributed by atoms with Crippen LogP contribution >= 0.6 is 0 Å². The Morgan fingerprint density at radius 2 is 1.73 bits per heavy atom. The molecule has 4 aromatic rings. The Morgan fingerprint density at radius 3 is 2.48 bits per heavy atom. The van der Waals surface area contributed by atoms with Crippen molar-refractivity contribution in [2.75, 3.05) is 24.7 Å². The molecule has 40 heavy (non-hydrogen) atoms. The van der Waals surface area contributed by atoms with Gasteiger partial charge in [-0.05, 0) is 49.4 Å². The molecule has 0 saturated heterocycles. The van der Waals surface area contributed by atoms with Gasteiger partial charge in [0.05, 0.1) is 35.3 Å². The van der Waals surface area contributed by atoms with Crippen LogP contribution in [-0.2, 0) is 14.3 Å². The number of hydrogen-bond acceptors (Lipinski definition) is 8. The molecule has 1 aliphatic rings. The normalized spacial score (nSPS) is 12.7. The van der Waals surface area contributed by atoms with E-state index in [0.29, 0.717) is 33.5 Å². The first-order chi connectivity index (χ1) is 19.4. The minimum atomic E-state index is -0.576. The number of benzene rings is 3. The van der Waals surface area contributed by atoms with Gasteiger partial charge >= 0.3 is 5.97 Å². The van der Waals surface area contributed by atoms with Crippen LogP contribution in [-0.4, -0.2) is 53.4 Å². The first kappa shape index (κ1) is 26.2. The molecule has 0 atom stereocenters. The number of carbonyl (C=O) groups excluding carboxylic acids is 3. The number of aromatic nitrogens is 1. The van der Waals surface area contributed by atoms with Gasteiger partial charge < -0.3 is 14.6 Å². The maximum Gasteiger partial charge on any atom is 0.338 e. The van der Waals surface area contributed by atoms with Crippen LogP contribution < -0.4 is 20.6 Å². The zero-order valence-corrected chi connectivity index (χ0v) is 21.4. The van der Waals surface area contributed by atoms with E-state index in [1.165, 1.54) is 35.4 Å². The number of rotatable bonds is 7. The number of fused-ring (bicyclic) bond motifs is 2. The number of esters is 1. The summed E-state index contributed by atoms with van der Waals surface area (Å²) >= 11 is 0. The largest absolute Gasteiger partial charge is 0.494 e. The maximum atomic E-state index is 13.3. The van der Waals surface area contributed by atoms with Gasteiger partial charge in [0, 0.05) is 10.8 Å². The molecule has 2 N–H and O–H groups in total. The van der Waals surface area contributed by atoms with Crippen molar-refractivity contribution in [3.8, 4) is 17.3 Å². The van der Waals surface area contributed by atoms with E-state index in [1.807, 2.05) is 0 Å². The molecular weight excluding hydrogens is 516 g/mol. The highest BCUT2D eigenvalue weighted by molar-refractivity contribution is 6.03. The van der Waals surface area contributed by atoms with E-state index in [2.05, 4.69) is 10.5 Å². The molecule has 1 aromatic heterocycles. The summed E-state index contributed by atoms with van der Waals surface area (Å²) in [6, 6.07) is 19.6. The number of anilines is 1. The molecule has 5 rings (SSSR count). The van der Waals surface area contributed by atoms with Crippen molar-refractivity contribution in [3.05, 3.63) is 94.3 Å². The van der Waals surface area contributed by atoms with E-state index >= 15 is 0 Å².